The van der Waals surface area contributed by atoms with Crippen LogP contribution >= 0.6 is 0 Å². The molecule has 2 rings (SSSR count). The van der Waals surface area contributed by atoms with Crippen molar-refractivity contribution in [3.8, 4) is 0 Å². The molecule has 0 N–H and O–H groups in total. The van der Waals surface area contributed by atoms with Crippen molar-refractivity contribution in [2.24, 2.45) is 5.10 Å². The molecule has 0 aliphatic rings. The second-order valence-corrected chi connectivity index (χ2v) is 4.04. The number of hydrogen-bond acceptors (Lipinski definition) is 5. The fourth-order valence-electron chi connectivity index (χ4n) is 1.14. The highest BCUT2D eigenvalue weighted by molar-refractivity contribution is 5.78. The van der Waals surface area contributed by atoms with Crippen molar-refractivity contribution in [3.63, 3.8) is 0 Å². The molecule has 1 aromatic carbocycles. The van der Waals surface area contributed by atoms with E-state index in [1.165, 1.54) is 0 Å². The molecular weight excluding hydrogens is 272 g/mol. The van der Waals surface area contributed by atoms with Crippen molar-refractivity contribution in [3.05, 3.63) is 66.5 Å². The summed E-state index contributed by atoms with van der Waals surface area (Å²) < 4.78 is 35.7. The quantitative estimate of drug-likeness (QED) is 0.435. The molecule has 0 aliphatic heterocycles. The molecule has 0 spiro atoms. The first kappa shape index (κ1) is 15.2. The number of nitrogens with zero attached hydrogens (tertiary/aromatic N) is 2. The van der Waals surface area contributed by atoms with Gasteiger partial charge in [0, 0.05) is 12.1 Å². The lowest BCUT2D eigenvalue weighted by atomic mass is 10.2. The fraction of sp³-hybridized carbons (Fsp3) is 0. The lowest BCUT2D eigenvalue weighted by Crippen LogP contribution is -2.68. The number of pyridine rings is 1. The van der Waals surface area contributed by atoms with Gasteiger partial charge in [-0.2, -0.15) is 0 Å². The van der Waals surface area contributed by atoms with Crippen LogP contribution in [0.4, 0.5) is 0 Å². The summed E-state index contributed by atoms with van der Waals surface area (Å²) in [6.07, 6.45) is 5.64. The van der Waals surface area contributed by atoms with E-state index in [9.17, 15) is 0 Å². The van der Waals surface area contributed by atoms with Crippen LogP contribution in [-0.2, 0) is 0 Å². The third kappa shape index (κ3) is 8.83. The molecule has 0 unspecified atom stereocenters. The highest BCUT2D eigenvalue weighted by Gasteiger charge is 1.91. The van der Waals surface area contributed by atoms with Crippen LogP contribution in [0.2, 0.25) is 0 Å². The van der Waals surface area contributed by atoms with E-state index in [0.29, 0.717) is 0 Å². The summed E-state index contributed by atoms with van der Waals surface area (Å²) in [6, 6.07) is 15.9. The molecule has 19 heavy (non-hydrogen) atoms. The Kier molecular flexibility index (Phi) is 6.07. The van der Waals surface area contributed by atoms with Crippen LogP contribution in [0.5, 0.6) is 0 Å². The average molecular weight is 283 g/mol. The molecule has 0 saturated carbocycles. The topological polar surface area (TPSA) is 108 Å². The molecule has 1 heterocycles. The minimum Gasteiger partial charge on any atom is -0.222 e. The van der Waals surface area contributed by atoms with E-state index < -0.39 is 10.2 Å². The lowest BCUT2D eigenvalue weighted by Gasteiger charge is -2.17. The third-order valence-electron chi connectivity index (χ3n) is 1.84. The van der Waals surface area contributed by atoms with Gasteiger partial charge in [-0.15, -0.1) is 10.2 Å². The first-order valence-corrected chi connectivity index (χ1v) is 6.36. The second kappa shape index (κ2) is 7.57. The fourth-order valence-corrected chi connectivity index (χ4v) is 1.14. The number of hydrogen-bond donors (Lipinski definition) is 0. The molecule has 0 aliphatic carbocycles. The Labute approximate surface area is 112 Å². The van der Waals surface area contributed by atoms with E-state index in [1.54, 1.807) is 4.68 Å². The largest absolute Gasteiger partial charge is 0.222 e. The van der Waals surface area contributed by atoms with E-state index in [0.717, 1.165) is 5.56 Å². The van der Waals surface area contributed by atoms with Crippen LogP contribution in [0.3, 0.4) is 0 Å². The van der Waals surface area contributed by atoms with E-state index in [2.05, 4.69) is 5.10 Å². The molecule has 7 heteroatoms. The molecule has 0 fully saturated rings. The Hall–Kier alpha value is -1.83. The molecule has 0 atom stereocenters. The zero-order valence-electron chi connectivity index (χ0n) is 9.76. The Morgan fingerprint density at radius 2 is 1.32 bits per heavy atom. The maximum absolute atomic E-state index is 8.49. The zero-order valence-corrected chi connectivity index (χ0v) is 10.5. The van der Waals surface area contributed by atoms with E-state index in [1.807, 2.05) is 67.1 Å². The molecule has 1 aromatic heterocycles. The van der Waals surface area contributed by atoms with Crippen LogP contribution in [0, 0.1) is 10.2 Å². The SMILES string of the molecule is C(=N[n+]1ccccc1)c1ccccc1.[O-][Cl+3]([O-])([O-])[O-]. The highest BCUT2D eigenvalue weighted by atomic mass is 35.7. The summed E-state index contributed by atoms with van der Waals surface area (Å²) in [6.45, 7) is 0. The summed E-state index contributed by atoms with van der Waals surface area (Å²) in [5, 5.41) is 4.27. The monoisotopic (exact) mass is 282 g/mol. The Morgan fingerprint density at radius 3 is 1.84 bits per heavy atom. The van der Waals surface area contributed by atoms with Crippen LogP contribution in [0.25, 0.3) is 0 Å². The van der Waals surface area contributed by atoms with Gasteiger partial charge in [0.1, 0.15) is 6.21 Å². The standard InChI is InChI=1S/C12H11N2.ClHO4/c1-3-7-12(8-4-1)11-13-14-9-5-2-6-10-14;2-1(3,4)5/h1-11H;(H,2,3,4,5)/q+1;/p-1. The summed E-state index contributed by atoms with van der Waals surface area (Å²) in [4.78, 5) is 0. The average Bonchev–Trinajstić information content (AvgIpc) is 2.37. The zero-order chi connectivity index (χ0) is 14.1. The Bertz CT molecular complexity index is 453. The predicted octanol–water partition coefficient (Wildman–Crippen LogP) is -2.90. The van der Waals surface area contributed by atoms with Gasteiger partial charge in [-0.25, -0.2) is 18.6 Å². The van der Waals surface area contributed by atoms with Gasteiger partial charge in [0.15, 0.2) is 0 Å². The van der Waals surface area contributed by atoms with Gasteiger partial charge in [0.2, 0.25) is 12.4 Å². The molecular formula is C12H11ClN2O4. The number of rotatable bonds is 2. The highest BCUT2D eigenvalue weighted by Crippen LogP contribution is 1.92. The molecule has 100 valence electrons. The van der Waals surface area contributed by atoms with Crippen LogP contribution < -0.4 is 23.3 Å². The maximum Gasteiger partial charge on any atom is 0.202 e. The minimum atomic E-state index is -4.94. The predicted molar refractivity (Wildman–Crippen MR) is 56.1 cm³/mol. The van der Waals surface area contributed by atoms with E-state index in [4.69, 9.17) is 18.6 Å². The first-order chi connectivity index (χ1) is 8.95. The molecule has 0 radical (unpaired) electrons. The van der Waals surface area contributed by atoms with Gasteiger partial charge in [0.05, 0.1) is 0 Å². The molecule has 0 saturated heterocycles. The van der Waals surface area contributed by atoms with Crippen molar-refractivity contribution in [2.75, 3.05) is 0 Å². The van der Waals surface area contributed by atoms with Gasteiger partial charge in [-0.3, -0.25) is 0 Å². The smallest absolute Gasteiger partial charge is 0.202 e. The maximum atomic E-state index is 8.49. The summed E-state index contributed by atoms with van der Waals surface area (Å²) in [7, 11) is -4.94. The third-order valence-corrected chi connectivity index (χ3v) is 1.84. The van der Waals surface area contributed by atoms with Crippen LogP contribution in [0.1, 0.15) is 5.56 Å². The summed E-state index contributed by atoms with van der Waals surface area (Å²) in [5.41, 5.74) is 1.10. The molecule has 0 bridgehead atoms. The van der Waals surface area contributed by atoms with Gasteiger partial charge in [-0.1, -0.05) is 41.1 Å². The van der Waals surface area contributed by atoms with Gasteiger partial charge >= 0.3 is 0 Å². The van der Waals surface area contributed by atoms with Crippen molar-refractivity contribution >= 4 is 6.21 Å². The van der Waals surface area contributed by atoms with Crippen molar-refractivity contribution in [1.82, 2.24) is 0 Å². The molecule has 6 nitrogen and oxygen atoms in total. The molecule has 2 aromatic rings. The van der Waals surface area contributed by atoms with Crippen LogP contribution in [-0.4, -0.2) is 6.21 Å². The number of aromatic nitrogens is 1. The minimum absolute atomic E-state index is 1.10. The number of halogens is 1. The van der Waals surface area contributed by atoms with E-state index >= 15 is 0 Å². The van der Waals surface area contributed by atoms with Crippen molar-refractivity contribution in [1.29, 1.82) is 0 Å². The Balaban J connectivity index is 0.000000312. The van der Waals surface area contributed by atoms with Crippen LogP contribution in [0.15, 0.2) is 66.0 Å². The normalized spacial score (nSPS) is 10.9. The van der Waals surface area contributed by atoms with E-state index in [-0.39, 0.29) is 0 Å². The number of benzene rings is 1. The lowest BCUT2D eigenvalue weighted by molar-refractivity contribution is -2.00. The van der Waals surface area contributed by atoms with Crippen molar-refractivity contribution < 1.29 is 33.6 Å². The molecule has 0 amide bonds. The second-order valence-electron chi connectivity index (χ2n) is 3.29. The summed E-state index contributed by atoms with van der Waals surface area (Å²) in [5.74, 6) is 0. The van der Waals surface area contributed by atoms with Crippen molar-refractivity contribution in [2.45, 2.75) is 0 Å². The van der Waals surface area contributed by atoms with Gasteiger partial charge < -0.3 is 0 Å². The van der Waals surface area contributed by atoms with Gasteiger partial charge in [-0.05, 0) is 10.7 Å². The Morgan fingerprint density at radius 1 is 0.842 bits per heavy atom. The first-order valence-electron chi connectivity index (χ1n) is 5.12. The summed E-state index contributed by atoms with van der Waals surface area (Å²) >= 11 is 0. The van der Waals surface area contributed by atoms with Gasteiger partial charge in [0.25, 0.3) is 0 Å².